The smallest absolute Gasteiger partial charge is 0.223 e. The van der Waals surface area contributed by atoms with E-state index in [2.05, 4.69) is 67.5 Å². The van der Waals surface area contributed by atoms with Crippen LogP contribution in [0, 0.1) is 44.8 Å². The van der Waals surface area contributed by atoms with Crippen molar-refractivity contribution >= 4 is 17.7 Å². The fourth-order valence-electron chi connectivity index (χ4n) is 10.2. The Bertz CT molecular complexity index is 1160. The van der Waals surface area contributed by atoms with Crippen LogP contribution in [0.4, 0.5) is 4.39 Å². The van der Waals surface area contributed by atoms with Gasteiger partial charge in [-0.05, 0) is 102 Å². The fourth-order valence-corrected chi connectivity index (χ4v) is 11.6. The zero-order chi connectivity index (χ0) is 29.5. The Morgan fingerprint density at radius 2 is 1.77 bits per heavy atom. The van der Waals surface area contributed by atoms with E-state index in [1.807, 2.05) is 11.8 Å². The van der Waals surface area contributed by atoms with E-state index in [1.54, 1.807) is 5.57 Å². The number of amides is 1. The van der Waals surface area contributed by atoms with Crippen LogP contribution >= 0.6 is 11.8 Å². The fraction of sp³-hybridized carbons (Fsp3) is 0.794. The molecule has 0 aromatic carbocycles. The molecule has 9 atom stereocenters. The van der Waals surface area contributed by atoms with Gasteiger partial charge in [0.2, 0.25) is 5.91 Å². The molecule has 0 aliphatic heterocycles. The molecule has 5 rings (SSSR count). The summed E-state index contributed by atoms with van der Waals surface area (Å²) < 4.78 is 18.8. The normalized spacial score (nSPS) is 46.5. The first-order valence-corrected chi connectivity index (χ1v) is 16.5. The highest BCUT2D eigenvalue weighted by molar-refractivity contribution is 8.00. The molecule has 0 heterocycles. The van der Waals surface area contributed by atoms with Crippen molar-refractivity contribution < 1.29 is 19.0 Å². The highest BCUT2D eigenvalue weighted by Gasteiger charge is 2.68. The van der Waals surface area contributed by atoms with Crippen molar-refractivity contribution in [3.05, 3.63) is 34.8 Å². The minimum Gasteiger partial charge on any atom is -0.504 e. The number of alkyl halides is 1. The number of allylic oxidation sites excluding steroid dienone is 3. The third kappa shape index (κ3) is 4.15. The van der Waals surface area contributed by atoms with E-state index in [-0.39, 0.29) is 57.0 Å². The number of hydrogen-bond donors (Lipinski definition) is 2. The van der Waals surface area contributed by atoms with Crippen molar-refractivity contribution in [2.24, 2.45) is 50.6 Å². The Morgan fingerprint density at radius 1 is 1.10 bits per heavy atom. The summed E-state index contributed by atoms with van der Waals surface area (Å²) in [7, 11) is 0. The second-order valence-corrected chi connectivity index (χ2v) is 17.1. The first-order valence-electron chi connectivity index (χ1n) is 15.6. The van der Waals surface area contributed by atoms with Gasteiger partial charge >= 0.3 is 0 Å². The van der Waals surface area contributed by atoms with E-state index in [4.69, 9.17) is 10.5 Å². The van der Waals surface area contributed by atoms with Gasteiger partial charge in [-0.2, -0.15) is 11.8 Å². The number of nitrogens with two attached hydrogens (primary N) is 1. The molecule has 40 heavy (non-hydrogen) atoms. The summed E-state index contributed by atoms with van der Waals surface area (Å²) in [6.45, 7) is 18.1. The molecule has 5 aliphatic rings. The number of ether oxygens (including phenoxy) is 1. The zero-order valence-electron chi connectivity index (χ0n) is 26.0. The van der Waals surface area contributed by atoms with Crippen molar-refractivity contribution in [1.29, 1.82) is 0 Å². The van der Waals surface area contributed by atoms with Crippen LogP contribution in [0.5, 0.6) is 0 Å². The first kappa shape index (κ1) is 30.0. The molecule has 3 N–H and O–H groups in total. The average molecular weight is 574 g/mol. The molecule has 1 amide bonds. The molecular formula is C34H52FNO3S. The SMILES string of the molecule is CC1=C(OCCF)C(O)=CC2C1C(SC(C)C)C=C1[C@@]2(C)CC[C@@]2(C)[C@@H]3C[C@](C)(C(N)=O)CC[C@]3(C)CC[C@]12C. The van der Waals surface area contributed by atoms with Gasteiger partial charge in [0.1, 0.15) is 13.3 Å². The quantitative estimate of drug-likeness (QED) is 0.314. The molecule has 0 spiro atoms. The number of rotatable bonds is 6. The van der Waals surface area contributed by atoms with Crippen LogP contribution in [-0.2, 0) is 9.53 Å². The van der Waals surface area contributed by atoms with Gasteiger partial charge in [0.15, 0.2) is 11.5 Å². The molecular weight excluding hydrogens is 521 g/mol. The highest BCUT2D eigenvalue weighted by Crippen LogP contribution is 2.76. The summed E-state index contributed by atoms with van der Waals surface area (Å²) in [5.74, 6) is 1.28. The van der Waals surface area contributed by atoms with Gasteiger partial charge in [-0.25, -0.2) is 4.39 Å². The van der Waals surface area contributed by atoms with Crippen LogP contribution in [0.3, 0.4) is 0 Å². The van der Waals surface area contributed by atoms with E-state index in [1.165, 1.54) is 6.42 Å². The van der Waals surface area contributed by atoms with E-state index in [0.29, 0.717) is 16.9 Å². The molecule has 0 saturated heterocycles. The van der Waals surface area contributed by atoms with Crippen molar-refractivity contribution in [3.63, 3.8) is 0 Å². The van der Waals surface area contributed by atoms with Crippen molar-refractivity contribution in [3.8, 4) is 0 Å². The first-order chi connectivity index (χ1) is 18.6. The summed E-state index contributed by atoms with van der Waals surface area (Å²) in [6.07, 6.45) is 12.0. The van der Waals surface area contributed by atoms with Crippen LogP contribution in [0.2, 0.25) is 0 Å². The maximum absolute atomic E-state index is 13.1. The Morgan fingerprint density at radius 3 is 2.40 bits per heavy atom. The lowest BCUT2D eigenvalue weighted by Crippen LogP contribution is -2.64. The molecule has 3 fully saturated rings. The zero-order valence-corrected chi connectivity index (χ0v) is 26.8. The van der Waals surface area contributed by atoms with E-state index >= 15 is 0 Å². The number of halogens is 1. The largest absolute Gasteiger partial charge is 0.504 e. The number of fused-ring (bicyclic) bond motifs is 7. The maximum atomic E-state index is 13.1. The molecule has 0 aromatic rings. The molecule has 6 heteroatoms. The second-order valence-electron chi connectivity index (χ2n) is 15.4. The Labute approximate surface area is 245 Å². The van der Waals surface area contributed by atoms with Gasteiger partial charge in [0, 0.05) is 16.6 Å². The summed E-state index contributed by atoms with van der Waals surface area (Å²) in [5, 5.41) is 11.9. The maximum Gasteiger partial charge on any atom is 0.223 e. The van der Waals surface area contributed by atoms with E-state index in [0.717, 1.165) is 44.1 Å². The van der Waals surface area contributed by atoms with Gasteiger partial charge in [-0.3, -0.25) is 4.79 Å². The minimum atomic E-state index is -0.573. The number of carbonyl (C=O) groups excluding carboxylic acids is 1. The summed E-state index contributed by atoms with van der Waals surface area (Å²) in [4.78, 5) is 12.7. The van der Waals surface area contributed by atoms with Crippen molar-refractivity contribution in [1.82, 2.24) is 0 Å². The molecule has 0 radical (unpaired) electrons. The summed E-state index contributed by atoms with van der Waals surface area (Å²) in [6, 6.07) is 0. The van der Waals surface area contributed by atoms with Crippen LogP contribution in [0.25, 0.3) is 0 Å². The minimum absolute atomic E-state index is 0.00703. The second kappa shape index (κ2) is 9.81. The van der Waals surface area contributed by atoms with Gasteiger partial charge in [0.25, 0.3) is 0 Å². The number of thioether (sulfide) groups is 1. The molecule has 0 bridgehead atoms. The van der Waals surface area contributed by atoms with E-state index in [9.17, 15) is 14.3 Å². The standard InChI is InChI=1S/C34H52FNO3S/c1-20(2)40-24-18-25-32(6,22-17-23(37)28(39-16-15-35)21(3)27(22)24)12-14-34(8)26-19-31(5,29(36)38)10-9-30(26,4)11-13-33(25,34)7/h17-18,20,22,24,26-27,37H,9-16,19H2,1-8H3,(H2,36,38)/t22?,24?,26-,27?,30-,31-,32+,33-,34+/m1/s1. The van der Waals surface area contributed by atoms with Crippen LogP contribution in [0.15, 0.2) is 34.8 Å². The molecule has 3 saturated carbocycles. The third-order valence-electron chi connectivity index (χ3n) is 12.9. The van der Waals surface area contributed by atoms with Gasteiger partial charge in [-0.1, -0.05) is 60.1 Å². The monoisotopic (exact) mass is 573 g/mol. The summed E-state index contributed by atoms with van der Waals surface area (Å²) >= 11 is 2.00. The number of carbonyl (C=O) groups is 1. The number of hydrogen-bond acceptors (Lipinski definition) is 4. The highest BCUT2D eigenvalue weighted by atomic mass is 32.2. The van der Waals surface area contributed by atoms with Crippen LogP contribution in [0.1, 0.15) is 100 Å². The molecule has 5 aliphatic carbocycles. The number of aliphatic hydroxyl groups excluding tert-OH is 1. The van der Waals surface area contributed by atoms with Crippen LogP contribution in [-0.4, -0.2) is 34.8 Å². The lowest BCUT2D eigenvalue weighted by atomic mass is 9.33. The molecule has 0 aromatic heterocycles. The predicted molar refractivity (Wildman–Crippen MR) is 162 cm³/mol. The molecule has 4 nitrogen and oxygen atoms in total. The van der Waals surface area contributed by atoms with Crippen LogP contribution < -0.4 is 5.73 Å². The number of primary amides is 1. The van der Waals surface area contributed by atoms with Crippen molar-refractivity contribution in [2.75, 3.05) is 13.3 Å². The third-order valence-corrected chi connectivity index (χ3v) is 14.2. The Kier molecular flexibility index (Phi) is 7.37. The average Bonchev–Trinajstić information content (AvgIpc) is 2.87. The molecule has 3 unspecified atom stereocenters. The summed E-state index contributed by atoms with van der Waals surface area (Å²) in [5.41, 5.74) is 8.38. The van der Waals surface area contributed by atoms with Gasteiger partial charge < -0.3 is 15.6 Å². The van der Waals surface area contributed by atoms with E-state index < -0.39 is 12.1 Å². The Balaban J connectivity index is 1.63. The lowest BCUT2D eigenvalue weighted by Gasteiger charge is -2.71. The molecule has 224 valence electrons. The van der Waals surface area contributed by atoms with Gasteiger partial charge in [-0.15, -0.1) is 0 Å². The topological polar surface area (TPSA) is 72.6 Å². The number of aliphatic hydroxyl groups is 1. The van der Waals surface area contributed by atoms with Crippen molar-refractivity contribution in [2.45, 2.75) is 111 Å². The lowest BCUT2D eigenvalue weighted by molar-refractivity contribution is -0.173. The Hall–Kier alpha value is -1.43. The van der Waals surface area contributed by atoms with Gasteiger partial charge in [0.05, 0.1) is 0 Å². The predicted octanol–water partition coefficient (Wildman–Crippen LogP) is 8.29.